The van der Waals surface area contributed by atoms with Gasteiger partial charge in [-0.3, -0.25) is 8.42 Å². The van der Waals surface area contributed by atoms with E-state index in [1.807, 2.05) is 0 Å². The molecule has 20 heavy (non-hydrogen) atoms. The van der Waals surface area contributed by atoms with Crippen LogP contribution >= 0.6 is 0 Å². The van der Waals surface area contributed by atoms with Crippen molar-refractivity contribution in [3.63, 3.8) is 0 Å². The molecule has 4 aliphatic rings. The monoisotopic (exact) mass is 372 g/mol. The molecule has 3 nitrogen and oxygen atoms in total. The van der Waals surface area contributed by atoms with E-state index in [2.05, 4.69) is 6.42 Å². The molecule has 0 saturated heterocycles. The normalized spacial score (nSPS) is 44.0. The molecular weight excluding hydrogens is 349 g/mol. The number of hydrogen-bond donors (Lipinski definition) is 0. The average molecular weight is 372 g/mol. The van der Waals surface area contributed by atoms with E-state index in [1.165, 1.54) is 43.9 Å². The fourth-order valence-corrected chi connectivity index (χ4v) is 5.23. The van der Waals surface area contributed by atoms with Crippen LogP contribution in [0, 0.1) is 47.2 Å². The van der Waals surface area contributed by atoms with E-state index in [4.69, 9.17) is 0 Å². The number of hydrogen-bond acceptors (Lipinski definition) is 3. The molecular formula is C15H23O3SY-3. The first-order valence-electron chi connectivity index (χ1n) is 7.47. The van der Waals surface area contributed by atoms with E-state index in [0.29, 0.717) is 0 Å². The number of fused-ring (bicyclic) bond motifs is 9. The molecule has 4 rings (SSSR count). The van der Waals surface area contributed by atoms with Crippen LogP contribution in [-0.2, 0) is 42.8 Å². The van der Waals surface area contributed by atoms with Crippen LogP contribution in [0.3, 0.4) is 0 Å². The van der Waals surface area contributed by atoms with Crippen LogP contribution in [-0.4, -0.2) is 13.0 Å². The van der Waals surface area contributed by atoms with Crippen molar-refractivity contribution < 1.29 is 45.7 Å². The van der Waals surface area contributed by atoms with Crippen molar-refractivity contribution >= 4 is 10.1 Å². The van der Waals surface area contributed by atoms with Crippen molar-refractivity contribution in [3.05, 3.63) is 11.7 Å². The molecule has 0 aromatic rings. The van der Waals surface area contributed by atoms with Gasteiger partial charge in [0.1, 0.15) is 0 Å². The van der Waals surface area contributed by atoms with E-state index in [1.54, 1.807) is 25.7 Å². The summed E-state index contributed by atoms with van der Waals surface area (Å²) in [4.78, 5) is 0. The van der Waals surface area contributed by atoms with Gasteiger partial charge in [-0.2, -0.15) is 26.2 Å². The molecule has 0 N–H and O–H groups in total. The first-order chi connectivity index (χ1) is 8.88. The molecule has 6 unspecified atom stereocenters. The van der Waals surface area contributed by atoms with E-state index in [9.17, 15) is 13.0 Å². The summed E-state index contributed by atoms with van der Waals surface area (Å²) >= 11 is 0. The molecule has 6 atom stereocenters. The van der Waals surface area contributed by atoms with Crippen LogP contribution in [0.15, 0.2) is 0 Å². The summed E-state index contributed by atoms with van der Waals surface area (Å²) in [6, 6.07) is 0. The Morgan fingerprint density at radius 2 is 1.60 bits per heavy atom. The molecule has 0 amide bonds. The topological polar surface area (TPSA) is 57.2 Å². The molecule has 0 aromatic heterocycles. The zero-order valence-electron chi connectivity index (χ0n) is 12.3. The smallest absolute Gasteiger partial charge is 0 e. The van der Waals surface area contributed by atoms with Gasteiger partial charge in [0.2, 0.25) is 0 Å². The van der Waals surface area contributed by atoms with Crippen LogP contribution in [0.5, 0.6) is 0 Å². The van der Waals surface area contributed by atoms with Gasteiger partial charge in [0.25, 0.3) is 0 Å². The Hall–Kier alpha value is 1.01. The van der Waals surface area contributed by atoms with Gasteiger partial charge in [-0.15, -0.1) is 0 Å². The molecule has 0 spiro atoms. The van der Waals surface area contributed by atoms with Crippen molar-refractivity contribution in [2.24, 2.45) is 35.5 Å². The van der Waals surface area contributed by atoms with Gasteiger partial charge in [-0.05, 0) is 47.1 Å². The van der Waals surface area contributed by atoms with Crippen molar-refractivity contribution in [1.82, 2.24) is 0 Å². The van der Waals surface area contributed by atoms with Gasteiger partial charge in [0.05, 0.1) is 0 Å². The van der Waals surface area contributed by atoms with Gasteiger partial charge < -0.3 is 11.0 Å². The first-order valence-corrected chi connectivity index (χ1v) is 8.88. The third-order valence-corrected chi connectivity index (χ3v) is 6.90. The minimum absolute atomic E-state index is 0. The Morgan fingerprint density at radius 3 is 2.10 bits per heavy atom. The third-order valence-electron chi connectivity index (χ3n) is 5.90. The Balaban J connectivity index is 0.000000164. The predicted molar refractivity (Wildman–Crippen MR) is 72.6 cm³/mol. The van der Waals surface area contributed by atoms with Crippen molar-refractivity contribution in [2.45, 2.75) is 46.0 Å². The Bertz CT molecular complexity index is 404. The van der Waals surface area contributed by atoms with E-state index in [-0.39, 0.29) is 38.0 Å². The minimum Gasteiger partial charge on any atom is -0.774 e. The third kappa shape index (κ3) is 3.05. The second-order valence-corrected chi connectivity index (χ2v) is 8.71. The van der Waals surface area contributed by atoms with Crippen molar-refractivity contribution in [2.75, 3.05) is 0 Å². The number of rotatable bonds is 1. The fraction of sp³-hybridized carbons (Fsp3) is 0.867. The van der Waals surface area contributed by atoms with Gasteiger partial charge >= 0.3 is 0 Å². The van der Waals surface area contributed by atoms with Gasteiger partial charge in [-0.25, -0.2) is 5.25 Å². The molecule has 0 heterocycles. The molecule has 0 aromatic carbocycles. The maximum absolute atomic E-state index is 9.74. The zero-order chi connectivity index (χ0) is 13.8. The summed E-state index contributed by atoms with van der Waals surface area (Å²) in [7, 11) is -4.07. The molecule has 5 heteroatoms. The van der Waals surface area contributed by atoms with Crippen molar-refractivity contribution in [3.8, 4) is 0 Å². The maximum Gasteiger partial charge on any atom is 0 e. The zero-order valence-corrected chi connectivity index (χ0v) is 15.9. The van der Waals surface area contributed by atoms with Crippen LogP contribution in [0.4, 0.5) is 0 Å². The van der Waals surface area contributed by atoms with Crippen LogP contribution in [0.25, 0.3) is 0 Å². The Kier molecular flexibility index (Phi) is 5.43. The summed E-state index contributed by atoms with van der Waals surface area (Å²) in [6.45, 7) is 2.53. The first kappa shape index (κ1) is 17.4. The van der Waals surface area contributed by atoms with Crippen LogP contribution < -0.4 is 0 Å². The second kappa shape index (κ2) is 6.25. The van der Waals surface area contributed by atoms with E-state index in [0.717, 1.165) is 11.8 Å². The Labute approximate surface area is 148 Å². The van der Waals surface area contributed by atoms with Gasteiger partial charge in [0, 0.05) is 32.7 Å². The SMILES string of the molecule is C[C-](C)S(=O)(=O)[O-].[CH-]1CC2CC1C1C3CCC(C3)C21.[Y]. The standard InChI is InChI=1S/C12H17.C3H7O3S.Y/c1-2-8-5-7(1)11-9-3-4-10(6-9)12(8)11;1-3(2)7(4,5)6;/h1,7-12H,2-6H2;1-2H3,(H,4,5,6);/q2*-1;/p-1. The summed E-state index contributed by atoms with van der Waals surface area (Å²) in [5, 5.41) is -0.0903. The van der Waals surface area contributed by atoms with Crippen LogP contribution in [0.1, 0.15) is 46.0 Å². The van der Waals surface area contributed by atoms with Crippen LogP contribution in [0.2, 0.25) is 0 Å². The summed E-state index contributed by atoms with van der Waals surface area (Å²) in [6.07, 6.45) is 10.5. The van der Waals surface area contributed by atoms with Gasteiger partial charge in [-0.1, -0.05) is 18.3 Å². The van der Waals surface area contributed by atoms with Gasteiger partial charge in [0.15, 0.2) is 0 Å². The molecule has 113 valence electrons. The molecule has 4 bridgehead atoms. The molecule has 1 radical (unpaired) electrons. The molecule has 4 saturated carbocycles. The summed E-state index contributed by atoms with van der Waals surface area (Å²) in [5.41, 5.74) is 0. The molecule has 0 aliphatic heterocycles. The fourth-order valence-electron chi connectivity index (χ4n) is 5.23. The van der Waals surface area contributed by atoms with Crippen molar-refractivity contribution in [1.29, 1.82) is 0 Å². The molecule has 4 aliphatic carbocycles. The summed E-state index contributed by atoms with van der Waals surface area (Å²) < 4.78 is 29.2. The maximum atomic E-state index is 9.74. The van der Waals surface area contributed by atoms with E-state index >= 15 is 0 Å². The summed E-state index contributed by atoms with van der Waals surface area (Å²) in [5.74, 6) is 6.97. The largest absolute Gasteiger partial charge is 0.774 e. The predicted octanol–water partition coefficient (Wildman–Crippen LogP) is 2.99. The van der Waals surface area contributed by atoms with E-state index < -0.39 is 10.1 Å². The minimum atomic E-state index is -4.07. The second-order valence-electron chi connectivity index (χ2n) is 6.98. The average Bonchev–Trinajstić information content (AvgIpc) is 3.08. The Morgan fingerprint density at radius 1 is 1.05 bits per heavy atom. The molecule has 4 fully saturated rings. The quantitative estimate of drug-likeness (QED) is 0.404.